The first-order chi connectivity index (χ1) is 12.3. The van der Waals surface area contributed by atoms with Crippen LogP contribution in [0.3, 0.4) is 0 Å². The number of benzene rings is 2. The van der Waals surface area contributed by atoms with Crippen molar-refractivity contribution in [2.75, 3.05) is 19.4 Å². The third-order valence-corrected chi connectivity index (χ3v) is 5.83. The van der Waals surface area contributed by atoms with E-state index in [9.17, 15) is 8.42 Å². The van der Waals surface area contributed by atoms with Crippen LogP contribution in [0.4, 0.5) is 0 Å². The van der Waals surface area contributed by atoms with Gasteiger partial charge in [-0.15, -0.1) is 0 Å². The van der Waals surface area contributed by atoms with Gasteiger partial charge in [-0.3, -0.25) is 10.7 Å². The van der Waals surface area contributed by atoms with Gasteiger partial charge in [0.25, 0.3) is 0 Å². The van der Waals surface area contributed by atoms with E-state index >= 15 is 0 Å². The Morgan fingerprint density at radius 3 is 2.56 bits per heavy atom. The first kappa shape index (κ1) is 23.9. The van der Waals surface area contributed by atoms with Crippen molar-refractivity contribution in [3.05, 3.63) is 53.1 Å². The van der Waals surface area contributed by atoms with Gasteiger partial charge in [-0.2, -0.15) is 8.42 Å². The lowest BCUT2D eigenvalue weighted by molar-refractivity contribution is -0.417. The molecule has 2 aromatic rings. The van der Waals surface area contributed by atoms with Gasteiger partial charge in [-0.1, -0.05) is 23.7 Å². The third kappa shape index (κ3) is 7.40. The van der Waals surface area contributed by atoms with Gasteiger partial charge in [0.15, 0.2) is 0 Å². The van der Waals surface area contributed by atoms with E-state index in [-0.39, 0.29) is 39.6 Å². The number of amidine groups is 1. The van der Waals surface area contributed by atoms with Gasteiger partial charge in [0.1, 0.15) is 16.4 Å². The fraction of sp³-hybridized carbons (Fsp3) is 0.235. The Morgan fingerprint density at radius 2 is 1.89 bits per heavy atom. The zero-order valence-electron chi connectivity index (χ0n) is 14.7. The summed E-state index contributed by atoms with van der Waals surface area (Å²) < 4.78 is 35.7. The molecule has 10 heteroatoms. The van der Waals surface area contributed by atoms with Crippen LogP contribution in [0, 0.1) is 6.92 Å². The fourth-order valence-corrected chi connectivity index (χ4v) is 3.99. The summed E-state index contributed by atoms with van der Waals surface area (Å²) in [5, 5.41) is 0.708. The normalized spacial score (nSPS) is 11.6. The molecule has 2 rings (SSSR count). The maximum absolute atomic E-state index is 12.4. The van der Waals surface area contributed by atoms with Crippen molar-refractivity contribution in [3.8, 4) is 11.5 Å². The molecule has 0 spiro atoms. The molecular formula is C17H20ClIN2O4S2. The Kier molecular flexibility index (Phi) is 9.71. The average molecular weight is 543 g/mol. The molecule has 0 aromatic heterocycles. The highest BCUT2D eigenvalue weighted by Gasteiger charge is 2.20. The molecule has 0 radical (unpaired) electrons. The van der Waals surface area contributed by atoms with E-state index in [4.69, 9.17) is 26.3 Å². The monoisotopic (exact) mass is 542 g/mol. The lowest BCUT2D eigenvalue weighted by Gasteiger charge is -2.11. The SMILES string of the molecule is C[NH+]=C(N)SCCOc1cc(C)cc(OS(=O)(=O)c2ccccc2Cl)c1.[I-]. The Morgan fingerprint density at radius 1 is 1.22 bits per heavy atom. The standard InChI is InChI=1S/C17H19ClN2O4S2.HI/c1-12-9-13(23-7-8-25-17(19)20-2)11-14(10-12)24-26(21,22)16-6-4-3-5-15(16)18;/h3-6,9-11H,7-8H2,1-2H3,(H2,19,20);1H. The molecule has 27 heavy (non-hydrogen) atoms. The van der Waals surface area contributed by atoms with Crippen LogP contribution in [0.1, 0.15) is 5.56 Å². The van der Waals surface area contributed by atoms with E-state index < -0.39 is 10.1 Å². The van der Waals surface area contributed by atoms with Gasteiger partial charge in [0.2, 0.25) is 0 Å². The summed E-state index contributed by atoms with van der Waals surface area (Å²) in [6.45, 7) is 2.23. The quantitative estimate of drug-likeness (QED) is 0.146. The lowest BCUT2D eigenvalue weighted by Crippen LogP contribution is -3.00. The maximum Gasteiger partial charge on any atom is 0.340 e. The summed E-state index contributed by atoms with van der Waals surface area (Å²) in [4.78, 5) is 2.75. The number of halogens is 2. The van der Waals surface area contributed by atoms with Crippen LogP contribution in [-0.4, -0.2) is 33.0 Å². The summed E-state index contributed by atoms with van der Waals surface area (Å²) in [7, 11) is -2.29. The van der Waals surface area contributed by atoms with E-state index in [2.05, 4.69) is 4.99 Å². The molecule has 0 aliphatic rings. The van der Waals surface area contributed by atoms with E-state index in [1.165, 1.54) is 30.0 Å². The van der Waals surface area contributed by atoms with Gasteiger partial charge in [0.05, 0.1) is 18.7 Å². The minimum absolute atomic E-state index is 0. The Hall–Kier alpha value is -1.17. The minimum atomic E-state index is -4.04. The van der Waals surface area contributed by atoms with E-state index in [1.54, 1.807) is 31.3 Å². The summed E-state index contributed by atoms with van der Waals surface area (Å²) >= 11 is 7.39. The summed E-state index contributed by atoms with van der Waals surface area (Å²) in [6.07, 6.45) is 0. The third-order valence-electron chi connectivity index (χ3n) is 3.19. The molecule has 0 unspecified atom stereocenters. The Bertz CT molecular complexity index is 908. The second kappa shape index (κ2) is 11.0. The van der Waals surface area contributed by atoms with Crippen molar-refractivity contribution in [1.29, 1.82) is 0 Å². The number of hydrogen-bond acceptors (Lipinski definition) is 5. The Labute approximate surface area is 185 Å². The second-order valence-electron chi connectivity index (χ2n) is 5.26. The van der Waals surface area contributed by atoms with Gasteiger partial charge in [-0.05, 0) is 48.5 Å². The summed E-state index contributed by atoms with van der Waals surface area (Å²) in [6, 6.07) is 11.1. The van der Waals surface area contributed by atoms with Crippen molar-refractivity contribution in [2.24, 2.45) is 5.73 Å². The zero-order chi connectivity index (χ0) is 19.2. The average Bonchev–Trinajstić information content (AvgIpc) is 2.57. The molecule has 3 N–H and O–H groups in total. The lowest BCUT2D eigenvalue weighted by atomic mass is 10.2. The fourth-order valence-electron chi connectivity index (χ4n) is 2.05. The van der Waals surface area contributed by atoms with Crippen molar-refractivity contribution in [1.82, 2.24) is 0 Å². The topological polar surface area (TPSA) is 92.6 Å². The molecule has 0 heterocycles. The molecule has 0 aliphatic heterocycles. The molecule has 0 saturated heterocycles. The predicted molar refractivity (Wildman–Crippen MR) is 104 cm³/mol. The number of nitrogens with one attached hydrogen (secondary N) is 1. The summed E-state index contributed by atoms with van der Waals surface area (Å²) in [5.41, 5.74) is 6.46. The molecule has 2 aromatic carbocycles. The predicted octanol–water partition coefficient (Wildman–Crippen LogP) is -1.44. The number of thioether (sulfide) groups is 1. The van der Waals surface area contributed by atoms with E-state index in [0.717, 1.165) is 5.56 Å². The van der Waals surface area contributed by atoms with Crippen LogP contribution in [0.2, 0.25) is 5.02 Å². The first-order valence-corrected chi connectivity index (χ1v) is 10.5. The van der Waals surface area contributed by atoms with Gasteiger partial charge in [0, 0.05) is 11.8 Å². The number of aryl methyl sites for hydroxylation is 1. The molecule has 0 saturated carbocycles. The molecule has 0 fully saturated rings. The van der Waals surface area contributed by atoms with E-state index in [1.807, 2.05) is 6.92 Å². The van der Waals surface area contributed by atoms with Gasteiger partial charge < -0.3 is 32.9 Å². The largest absolute Gasteiger partial charge is 1.00 e. The maximum atomic E-state index is 12.4. The van der Waals surface area contributed by atoms with Crippen LogP contribution in [0.5, 0.6) is 11.5 Å². The van der Waals surface area contributed by atoms with Crippen LogP contribution >= 0.6 is 23.4 Å². The smallest absolute Gasteiger partial charge is 0.340 e. The number of ether oxygens (including phenoxy) is 1. The number of hydrogen-bond donors (Lipinski definition) is 2. The highest BCUT2D eigenvalue weighted by molar-refractivity contribution is 8.13. The number of nitrogens with two attached hydrogens (primary N) is 1. The van der Waals surface area contributed by atoms with E-state index in [0.29, 0.717) is 23.3 Å². The first-order valence-electron chi connectivity index (χ1n) is 7.68. The highest BCUT2D eigenvalue weighted by Crippen LogP contribution is 2.28. The molecule has 6 nitrogen and oxygen atoms in total. The van der Waals surface area contributed by atoms with Crippen molar-refractivity contribution in [3.63, 3.8) is 0 Å². The molecule has 0 amide bonds. The van der Waals surface area contributed by atoms with Crippen LogP contribution in [0.25, 0.3) is 0 Å². The molecular weight excluding hydrogens is 523 g/mol. The van der Waals surface area contributed by atoms with Crippen LogP contribution in [0.15, 0.2) is 47.4 Å². The van der Waals surface area contributed by atoms with Crippen molar-refractivity contribution >= 4 is 38.6 Å². The van der Waals surface area contributed by atoms with Crippen LogP contribution in [-0.2, 0) is 10.1 Å². The van der Waals surface area contributed by atoms with Crippen LogP contribution < -0.4 is 43.6 Å². The van der Waals surface area contributed by atoms with Crippen molar-refractivity contribution < 1.29 is 46.3 Å². The molecule has 0 aliphatic carbocycles. The minimum Gasteiger partial charge on any atom is -1.00 e. The van der Waals surface area contributed by atoms with Gasteiger partial charge in [-0.25, -0.2) is 0 Å². The zero-order valence-corrected chi connectivity index (χ0v) is 19.3. The number of rotatable bonds is 7. The Balaban J connectivity index is 0.00000364. The van der Waals surface area contributed by atoms with Gasteiger partial charge >= 0.3 is 15.3 Å². The molecule has 148 valence electrons. The molecule has 0 atom stereocenters. The molecule has 0 bridgehead atoms. The second-order valence-corrected chi connectivity index (χ2v) is 8.32. The summed E-state index contributed by atoms with van der Waals surface area (Å²) in [5.74, 6) is 1.32. The van der Waals surface area contributed by atoms with Crippen molar-refractivity contribution in [2.45, 2.75) is 11.8 Å². The highest BCUT2D eigenvalue weighted by atomic mass is 127.